The summed E-state index contributed by atoms with van der Waals surface area (Å²) in [5, 5.41) is 0. The van der Waals surface area contributed by atoms with Crippen molar-refractivity contribution in [3.8, 4) is 0 Å². The van der Waals surface area contributed by atoms with Gasteiger partial charge in [-0.2, -0.15) is 0 Å². The van der Waals surface area contributed by atoms with E-state index < -0.39 is 6.80 Å². The van der Waals surface area contributed by atoms with Gasteiger partial charge < -0.3 is 0 Å². The van der Waals surface area contributed by atoms with Gasteiger partial charge in [-0.1, -0.05) is 0 Å². The molecule has 0 unspecified atom stereocenters. The normalized spacial score (nSPS) is 7.50. The third-order valence-electron chi connectivity index (χ3n) is 0.0505. The first-order valence-corrected chi connectivity index (χ1v) is 1.19. The zero-order valence-corrected chi connectivity index (χ0v) is 2.72. The van der Waals surface area contributed by atoms with E-state index in [0.717, 1.165) is 0 Å². The molecule has 0 aliphatic rings. The molecule has 0 saturated carbocycles. The topological polar surface area (TPSA) is 12.0 Å². The standard InChI is InChI=1S/CH3ClFN/c2-4-1-3/h4H,1H2. The van der Waals surface area contributed by atoms with Gasteiger partial charge in [-0.15, -0.1) is 0 Å². The number of hydrogen-bond acceptors (Lipinski definition) is 1. The van der Waals surface area contributed by atoms with Crippen molar-refractivity contribution in [2.24, 2.45) is 0 Å². The van der Waals surface area contributed by atoms with Crippen LogP contribution in [-0.2, 0) is 0 Å². The Morgan fingerprint density at radius 2 is 2.25 bits per heavy atom. The summed E-state index contributed by atoms with van der Waals surface area (Å²) >= 11 is 4.56. The van der Waals surface area contributed by atoms with Gasteiger partial charge in [-0.3, -0.25) is 0 Å². The third kappa shape index (κ3) is 2.18. The summed E-state index contributed by atoms with van der Waals surface area (Å²) in [5.74, 6) is 0. The number of hydrogen-bond donors (Lipinski definition) is 1. The highest BCUT2D eigenvalue weighted by atomic mass is 35.5. The molecular weight excluding hydrogens is 80.5 g/mol. The number of alkyl halides is 1. The lowest BCUT2D eigenvalue weighted by atomic mass is 11.5. The van der Waals surface area contributed by atoms with Crippen LogP contribution in [0.25, 0.3) is 0 Å². The fourth-order valence-electron chi connectivity index (χ4n) is 0. The zero-order valence-electron chi connectivity index (χ0n) is 1.96. The van der Waals surface area contributed by atoms with Gasteiger partial charge in [-0.05, 0) is 11.8 Å². The first kappa shape index (κ1) is 4.18. The first-order valence-electron chi connectivity index (χ1n) is 0.810. The number of halogens is 2. The molecule has 0 saturated heterocycles. The molecule has 4 heavy (non-hydrogen) atoms. The van der Waals surface area contributed by atoms with Crippen LogP contribution in [0.4, 0.5) is 4.39 Å². The summed E-state index contributed by atoms with van der Waals surface area (Å²) in [6, 6.07) is 0. The zero-order chi connectivity index (χ0) is 3.41. The molecule has 0 aliphatic heterocycles. The summed E-state index contributed by atoms with van der Waals surface area (Å²) in [6.07, 6.45) is 0. The molecule has 3 heteroatoms. The molecule has 0 aromatic rings. The van der Waals surface area contributed by atoms with E-state index in [2.05, 4.69) is 11.8 Å². The van der Waals surface area contributed by atoms with Crippen molar-refractivity contribution in [2.45, 2.75) is 0 Å². The lowest BCUT2D eigenvalue weighted by Crippen LogP contribution is -1.89. The largest absolute Gasteiger partial charge is 0.233 e. The highest BCUT2D eigenvalue weighted by Gasteiger charge is 1.58. The fraction of sp³-hybridized carbons (Fsp3) is 1.00. The second-order valence-corrected chi connectivity index (χ2v) is 0.535. The Kier molecular flexibility index (Phi) is 3.32. The van der Waals surface area contributed by atoms with Gasteiger partial charge >= 0.3 is 0 Å². The Morgan fingerprint density at radius 3 is 2.25 bits per heavy atom. The second kappa shape index (κ2) is 3.18. The first-order chi connectivity index (χ1) is 1.91. The maximum atomic E-state index is 10.5. The van der Waals surface area contributed by atoms with Gasteiger partial charge in [0.1, 0.15) is 0 Å². The minimum atomic E-state index is -0.665. The lowest BCUT2D eigenvalue weighted by Gasteiger charge is -1.68. The molecule has 0 rings (SSSR count). The highest BCUT2D eigenvalue weighted by molar-refractivity contribution is 6.13. The van der Waals surface area contributed by atoms with Crippen LogP contribution >= 0.6 is 11.8 Å². The van der Waals surface area contributed by atoms with E-state index in [1.165, 1.54) is 0 Å². The van der Waals surface area contributed by atoms with E-state index in [-0.39, 0.29) is 0 Å². The van der Waals surface area contributed by atoms with Crippen molar-refractivity contribution in [1.82, 2.24) is 4.84 Å². The van der Waals surface area contributed by atoms with Crippen LogP contribution in [0.2, 0.25) is 0 Å². The van der Waals surface area contributed by atoms with Crippen LogP contribution in [-0.4, -0.2) is 6.80 Å². The average molecular weight is 83.5 g/mol. The average Bonchev–Trinajstić information content (AvgIpc) is 1.37. The molecule has 0 spiro atoms. The summed E-state index contributed by atoms with van der Waals surface area (Å²) in [7, 11) is 0. The SMILES string of the molecule is FCNCl. The summed E-state index contributed by atoms with van der Waals surface area (Å²) in [5.41, 5.74) is 0. The number of nitrogens with one attached hydrogen (secondary N) is 1. The van der Waals surface area contributed by atoms with Crippen molar-refractivity contribution in [2.75, 3.05) is 6.80 Å². The van der Waals surface area contributed by atoms with Gasteiger partial charge in [0, 0.05) is 0 Å². The second-order valence-electron chi connectivity index (χ2n) is 0.267. The maximum absolute atomic E-state index is 10.5. The third-order valence-corrected chi connectivity index (χ3v) is 0.152. The molecule has 0 radical (unpaired) electrons. The predicted molar refractivity (Wildman–Crippen MR) is 15.0 cm³/mol. The minimum absolute atomic E-state index is 0.665. The number of rotatable bonds is 1. The van der Waals surface area contributed by atoms with E-state index in [1.807, 2.05) is 0 Å². The molecule has 0 aromatic carbocycles. The van der Waals surface area contributed by atoms with Gasteiger partial charge in [0.15, 0.2) is 6.80 Å². The monoisotopic (exact) mass is 83.0 g/mol. The van der Waals surface area contributed by atoms with E-state index in [4.69, 9.17) is 0 Å². The predicted octanol–water partition coefficient (Wildman–Crippen LogP) is 0.657. The van der Waals surface area contributed by atoms with E-state index in [9.17, 15) is 4.39 Å². The molecule has 26 valence electrons. The highest BCUT2D eigenvalue weighted by Crippen LogP contribution is 1.56. The van der Waals surface area contributed by atoms with Gasteiger partial charge in [-0.25, -0.2) is 9.23 Å². The summed E-state index contributed by atoms with van der Waals surface area (Å²) in [4.78, 5) is 1.74. The van der Waals surface area contributed by atoms with Gasteiger partial charge in [0.25, 0.3) is 0 Å². The lowest BCUT2D eigenvalue weighted by molar-refractivity contribution is 0.485. The van der Waals surface area contributed by atoms with Crippen molar-refractivity contribution in [3.63, 3.8) is 0 Å². The smallest absolute Gasteiger partial charge is 0.153 e. The Morgan fingerprint density at radius 1 is 2.00 bits per heavy atom. The molecule has 0 atom stereocenters. The quantitative estimate of drug-likeness (QED) is 0.363. The fourth-order valence-corrected chi connectivity index (χ4v) is 0. The molecule has 0 aliphatic carbocycles. The summed E-state index contributed by atoms with van der Waals surface area (Å²) in [6.45, 7) is -0.665. The molecule has 0 heterocycles. The minimum Gasteiger partial charge on any atom is -0.233 e. The van der Waals surface area contributed by atoms with Crippen LogP contribution in [0, 0.1) is 0 Å². The Hall–Kier alpha value is 0.180. The Bertz CT molecular complexity index is 10.0. The van der Waals surface area contributed by atoms with Crippen molar-refractivity contribution < 1.29 is 4.39 Å². The van der Waals surface area contributed by atoms with Crippen molar-refractivity contribution in [1.29, 1.82) is 0 Å². The van der Waals surface area contributed by atoms with Crippen LogP contribution in [0.1, 0.15) is 0 Å². The van der Waals surface area contributed by atoms with Crippen LogP contribution in [0.3, 0.4) is 0 Å². The molecular formula is CH3ClFN. The molecule has 0 bridgehead atoms. The van der Waals surface area contributed by atoms with Gasteiger partial charge in [0.05, 0.1) is 0 Å². The van der Waals surface area contributed by atoms with Crippen LogP contribution in [0.5, 0.6) is 0 Å². The van der Waals surface area contributed by atoms with Crippen molar-refractivity contribution in [3.05, 3.63) is 0 Å². The van der Waals surface area contributed by atoms with E-state index in [0.29, 0.717) is 0 Å². The maximum Gasteiger partial charge on any atom is 0.153 e. The Balaban J connectivity index is 1.97. The molecule has 0 aromatic heterocycles. The molecule has 0 amide bonds. The van der Waals surface area contributed by atoms with Gasteiger partial charge in [0.2, 0.25) is 0 Å². The van der Waals surface area contributed by atoms with Crippen LogP contribution in [0.15, 0.2) is 0 Å². The Labute approximate surface area is 28.9 Å². The van der Waals surface area contributed by atoms with E-state index in [1.54, 1.807) is 4.84 Å². The molecule has 1 nitrogen and oxygen atoms in total. The summed E-state index contributed by atoms with van der Waals surface area (Å²) < 4.78 is 10.5. The molecule has 1 N–H and O–H groups in total. The van der Waals surface area contributed by atoms with Crippen molar-refractivity contribution >= 4 is 11.8 Å². The van der Waals surface area contributed by atoms with E-state index >= 15 is 0 Å². The van der Waals surface area contributed by atoms with Crippen LogP contribution < -0.4 is 4.84 Å². The molecule has 0 fully saturated rings.